The van der Waals surface area contributed by atoms with Crippen molar-refractivity contribution in [3.8, 4) is 11.4 Å². The van der Waals surface area contributed by atoms with Gasteiger partial charge in [0.05, 0.1) is 17.4 Å². The van der Waals surface area contributed by atoms with Crippen LogP contribution >= 0.6 is 11.6 Å². The topological polar surface area (TPSA) is 96.6 Å². The Morgan fingerprint density at radius 2 is 1.91 bits per heavy atom. The van der Waals surface area contributed by atoms with Gasteiger partial charge >= 0.3 is 0 Å². The van der Waals surface area contributed by atoms with Gasteiger partial charge in [-0.1, -0.05) is 35.0 Å². The van der Waals surface area contributed by atoms with Crippen molar-refractivity contribution in [3.05, 3.63) is 65.5 Å². The number of nitrogens with zero attached hydrogens (tertiary/aromatic N) is 4. The maximum atomic E-state index is 13.0. The Bertz CT molecular complexity index is 1180. The standard InChI is InChI=1S/C22H23ClN4O4S/c1-26(15-20-24-21(25-31-20)16-9-11-18(23)12-10-16)22(28)17-6-5-13-27(14-17)32(29,30)19-7-3-2-4-8-19/h2-4,7-12,17H,5-6,13-15H2,1H3/t17-/m1/s1. The van der Waals surface area contributed by atoms with E-state index >= 15 is 0 Å². The van der Waals surface area contributed by atoms with Crippen molar-refractivity contribution in [2.24, 2.45) is 5.92 Å². The molecule has 0 saturated carbocycles. The lowest BCUT2D eigenvalue weighted by Gasteiger charge is -2.33. The van der Waals surface area contributed by atoms with Crippen LogP contribution in [0, 0.1) is 5.92 Å². The van der Waals surface area contributed by atoms with Crippen LogP contribution in [0.5, 0.6) is 0 Å². The van der Waals surface area contributed by atoms with Crippen LogP contribution < -0.4 is 0 Å². The molecule has 0 spiro atoms. The highest BCUT2D eigenvalue weighted by Gasteiger charge is 2.34. The molecule has 0 aliphatic carbocycles. The van der Waals surface area contributed by atoms with E-state index < -0.39 is 15.9 Å². The van der Waals surface area contributed by atoms with Crippen LogP contribution in [0.1, 0.15) is 18.7 Å². The van der Waals surface area contributed by atoms with Crippen LogP contribution in [-0.4, -0.2) is 53.8 Å². The number of carbonyl (C=O) groups excluding carboxylic acids is 1. The second-order valence-electron chi connectivity index (χ2n) is 7.73. The van der Waals surface area contributed by atoms with E-state index in [-0.39, 0.29) is 23.9 Å². The van der Waals surface area contributed by atoms with E-state index in [9.17, 15) is 13.2 Å². The third-order valence-corrected chi connectivity index (χ3v) is 7.56. The van der Waals surface area contributed by atoms with Crippen molar-refractivity contribution in [3.63, 3.8) is 0 Å². The zero-order valence-corrected chi connectivity index (χ0v) is 19.1. The molecule has 0 unspecified atom stereocenters. The number of halogens is 1. The zero-order chi connectivity index (χ0) is 22.7. The Kier molecular flexibility index (Phi) is 6.59. The molecule has 2 aromatic carbocycles. The Labute approximate surface area is 191 Å². The molecule has 2 heterocycles. The molecular weight excluding hydrogens is 452 g/mol. The van der Waals surface area contributed by atoms with Gasteiger partial charge in [-0.15, -0.1) is 0 Å². The first-order valence-corrected chi connectivity index (χ1v) is 12.0. The van der Waals surface area contributed by atoms with E-state index in [1.165, 1.54) is 9.21 Å². The summed E-state index contributed by atoms with van der Waals surface area (Å²) in [4.78, 5) is 19.1. The van der Waals surface area contributed by atoms with Crippen LogP contribution in [0.25, 0.3) is 11.4 Å². The lowest BCUT2D eigenvalue weighted by Crippen LogP contribution is -2.45. The molecule has 1 amide bonds. The number of piperidine rings is 1. The third kappa shape index (κ3) is 4.85. The van der Waals surface area contributed by atoms with E-state index in [4.69, 9.17) is 16.1 Å². The summed E-state index contributed by atoms with van der Waals surface area (Å²) >= 11 is 5.91. The minimum Gasteiger partial charge on any atom is -0.337 e. The summed E-state index contributed by atoms with van der Waals surface area (Å²) < 4.78 is 32.6. The molecule has 8 nitrogen and oxygen atoms in total. The molecule has 1 fully saturated rings. The van der Waals surface area contributed by atoms with Gasteiger partial charge in [-0.2, -0.15) is 9.29 Å². The molecule has 0 N–H and O–H groups in total. The SMILES string of the molecule is CN(Cc1nc(-c2ccc(Cl)cc2)no1)C(=O)[C@@H]1CCCN(S(=O)(=O)c2ccccc2)C1. The van der Waals surface area contributed by atoms with Gasteiger partial charge in [0, 0.05) is 30.7 Å². The van der Waals surface area contributed by atoms with Gasteiger partial charge in [0.2, 0.25) is 27.6 Å². The van der Waals surface area contributed by atoms with Crippen molar-refractivity contribution in [2.75, 3.05) is 20.1 Å². The van der Waals surface area contributed by atoms with E-state index in [0.717, 1.165) is 5.56 Å². The summed E-state index contributed by atoms with van der Waals surface area (Å²) in [6.45, 7) is 0.695. The number of rotatable bonds is 6. The Hall–Kier alpha value is -2.75. The van der Waals surface area contributed by atoms with E-state index in [1.54, 1.807) is 61.6 Å². The van der Waals surface area contributed by atoms with Crippen LogP contribution in [0.4, 0.5) is 0 Å². The zero-order valence-electron chi connectivity index (χ0n) is 17.5. The molecular formula is C22H23ClN4O4S. The maximum Gasteiger partial charge on any atom is 0.246 e. The second kappa shape index (κ2) is 9.40. The number of sulfonamides is 1. The third-order valence-electron chi connectivity index (χ3n) is 5.43. The molecule has 0 bridgehead atoms. The molecule has 4 rings (SSSR count). The molecule has 1 aliphatic rings. The number of hydrogen-bond donors (Lipinski definition) is 0. The highest BCUT2D eigenvalue weighted by molar-refractivity contribution is 7.89. The van der Waals surface area contributed by atoms with Crippen LogP contribution in [0.3, 0.4) is 0 Å². The lowest BCUT2D eigenvalue weighted by molar-refractivity contribution is -0.136. The fraction of sp³-hybridized carbons (Fsp3) is 0.318. The predicted molar refractivity (Wildman–Crippen MR) is 119 cm³/mol. The van der Waals surface area contributed by atoms with Crippen molar-refractivity contribution in [1.29, 1.82) is 0 Å². The summed E-state index contributed by atoms with van der Waals surface area (Å²) in [5.41, 5.74) is 0.757. The first kappa shape index (κ1) is 22.4. The molecule has 32 heavy (non-hydrogen) atoms. The molecule has 1 aliphatic heterocycles. The lowest BCUT2D eigenvalue weighted by atomic mass is 9.98. The number of hydrogen-bond acceptors (Lipinski definition) is 6. The summed E-state index contributed by atoms with van der Waals surface area (Å²) in [5.74, 6) is 0.140. The van der Waals surface area contributed by atoms with Gasteiger partial charge in [0.25, 0.3) is 0 Å². The molecule has 10 heteroatoms. The Morgan fingerprint density at radius 3 is 2.62 bits per heavy atom. The highest BCUT2D eigenvalue weighted by Crippen LogP contribution is 2.25. The minimum absolute atomic E-state index is 0.140. The van der Waals surface area contributed by atoms with Crippen molar-refractivity contribution < 1.29 is 17.7 Å². The quantitative estimate of drug-likeness (QED) is 0.542. The fourth-order valence-corrected chi connectivity index (χ4v) is 5.40. The molecule has 1 aromatic heterocycles. The van der Waals surface area contributed by atoms with Crippen molar-refractivity contribution >= 4 is 27.5 Å². The number of aromatic nitrogens is 2. The number of benzene rings is 2. The van der Waals surface area contributed by atoms with Crippen LogP contribution in [0.2, 0.25) is 5.02 Å². The second-order valence-corrected chi connectivity index (χ2v) is 10.1. The van der Waals surface area contributed by atoms with Crippen molar-refractivity contribution in [2.45, 2.75) is 24.3 Å². The molecule has 3 aromatic rings. The van der Waals surface area contributed by atoms with Gasteiger partial charge in [-0.25, -0.2) is 8.42 Å². The summed E-state index contributed by atoms with van der Waals surface area (Å²) in [6.07, 6.45) is 1.25. The molecule has 1 atom stereocenters. The largest absolute Gasteiger partial charge is 0.337 e. The predicted octanol–water partition coefficient (Wildman–Crippen LogP) is 3.45. The maximum absolute atomic E-state index is 13.0. The smallest absolute Gasteiger partial charge is 0.246 e. The van der Waals surface area contributed by atoms with Crippen molar-refractivity contribution in [1.82, 2.24) is 19.3 Å². The molecule has 0 radical (unpaired) electrons. The van der Waals surface area contributed by atoms with Crippen LogP contribution in [0.15, 0.2) is 64.0 Å². The molecule has 168 valence electrons. The number of carbonyl (C=O) groups is 1. The van der Waals surface area contributed by atoms with Gasteiger partial charge < -0.3 is 9.42 Å². The monoisotopic (exact) mass is 474 g/mol. The molecule has 1 saturated heterocycles. The first-order valence-electron chi connectivity index (χ1n) is 10.2. The van der Waals surface area contributed by atoms with Gasteiger partial charge in [0.1, 0.15) is 0 Å². The van der Waals surface area contributed by atoms with E-state index in [2.05, 4.69) is 10.1 Å². The van der Waals surface area contributed by atoms with E-state index in [1.807, 2.05) is 0 Å². The van der Waals surface area contributed by atoms with Gasteiger partial charge in [0.15, 0.2) is 0 Å². The first-order chi connectivity index (χ1) is 15.3. The minimum atomic E-state index is -3.63. The summed E-state index contributed by atoms with van der Waals surface area (Å²) in [7, 11) is -1.98. The number of amides is 1. The highest BCUT2D eigenvalue weighted by atomic mass is 35.5. The Balaban J connectivity index is 1.41. The van der Waals surface area contributed by atoms with Crippen LogP contribution in [-0.2, 0) is 21.4 Å². The average molecular weight is 475 g/mol. The normalized spacial score (nSPS) is 17.2. The van der Waals surface area contributed by atoms with E-state index in [0.29, 0.717) is 36.1 Å². The van der Waals surface area contributed by atoms with Gasteiger partial charge in [-0.3, -0.25) is 4.79 Å². The summed E-state index contributed by atoms with van der Waals surface area (Å²) in [5, 5.41) is 4.57. The average Bonchev–Trinajstić information content (AvgIpc) is 3.28. The fourth-order valence-electron chi connectivity index (χ4n) is 3.73. The van der Waals surface area contributed by atoms with Gasteiger partial charge in [-0.05, 0) is 49.2 Å². The Morgan fingerprint density at radius 1 is 1.19 bits per heavy atom. The summed E-state index contributed by atoms with van der Waals surface area (Å²) in [6, 6.07) is 15.3.